The normalized spacial score (nSPS) is 14.1. The highest BCUT2D eigenvalue weighted by Crippen LogP contribution is 2.28. The summed E-state index contributed by atoms with van der Waals surface area (Å²) in [5.41, 5.74) is 1.89. The van der Waals surface area contributed by atoms with Crippen LogP contribution in [-0.2, 0) is 0 Å². The minimum Gasteiger partial charge on any atom is -0.497 e. The number of rotatable bonds is 10. The van der Waals surface area contributed by atoms with Gasteiger partial charge in [0, 0.05) is 43.3 Å². The van der Waals surface area contributed by atoms with Crippen molar-refractivity contribution in [1.82, 2.24) is 9.88 Å². The quantitative estimate of drug-likeness (QED) is 0.635. The third-order valence-corrected chi connectivity index (χ3v) is 4.61. The van der Waals surface area contributed by atoms with Crippen LogP contribution in [0.25, 0.3) is 10.9 Å². The van der Waals surface area contributed by atoms with Crippen LogP contribution < -0.4 is 10.1 Å². The highest BCUT2D eigenvalue weighted by atomic mass is 16.5. The lowest BCUT2D eigenvalue weighted by atomic mass is 10.0. The SMILES string of the molecule is COc1cc(NCC(C)(O)CN(CC(C)C)CC(C)C)c2nc(C)ccc2c1. The van der Waals surface area contributed by atoms with Gasteiger partial charge in [-0.2, -0.15) is 0 Å². The van der Waals surface area contributed by atoms with Crippen molar-refractivity contribution in [3.63, 3.8) is 0 Å². The summed E-state index contributed by atoms with van der Waals surface area (Å²) in [5, 5.41) is 15.5. The number of aliphatic hydroxyl groups is 1. The van der Waals surface area contributed by atoms with Crippen LogP contribution in [0.5, 0.6) is 5.75 Å². The van der Waals surface area contributed by atoms with Crippen molar-refractivity contribution < 1.29 is 9.84 Å². The van der Waals surface area contributed by atoms with Crippen LogP contribution in [0, 0.1) is 18.8 Å². The molecule has 0 radical (unpaired) electrons. The summed E-state index contributed by atoms with van der Waals surface area (Å²) in [7, 11) is 1.67. The molecule has 5 nitrogen and oxygen atoms in total. The molecular weight excluding hydrogens is 350 g/mol. The first-order chi connectivity index (χ1) is 13.1. The van der Waals surface area contributed by atoms with Crippen LogP contribution in [0.15, 0.2) is 24.3 Å². The first kappa shape index (κ1) is 22.4. The minimum absolute atomic E-state index is 0.442. The van der Waals surface area contributed by atoms with Gasteiger partial charge in [0.15, 0.2) is 0 Å². The van der Waals surface area contributed by atoms with Crippen molar-refractivity contribution in [3.8, 4) is 5.75 Å². The molecule has 2 N–H and O–H groups in total. The number of hydrogen-bond acceptors (Lipinski definition) is 5. The molecule has 1 aromatic heterocycles. The Bertz CT molecular complexity index is 762. The van der Waals surface area contributed by atoms with E-state index in [1.807, 2.05) is 32.0 Å². The lowest BCUT2D eigenvalue weighted by Gasteiger charge is -2.34. The summed E-state index contributed by atoms with van der Waals surface area (Å²) in [6, 6.07) is 7.98. The summed E-state index contributed by atoms with van der Waals surface area (Å²) in [6.45, 7) is 15.8. The van der Waals surface area contributed by atoms with Crippen molar-refractivity contribution in [2.75, 3.05) is 38.6 Å². The molecule has 2 rings (SSSR count). The van der Waals surface area contributed by atoms with E-state index >= 15 is 0 Å². The molecule has 0 bridgehead atoms. The summed E-state index contributed by atoms with van der Waals surface area (Å²) in [6.07, 6.45) is 0. The van der Waals surface area contributed by atoms with Gasteiger partial charge in [-0.05, 0) is 37.8 Å². The van der Waals surface area contributed by atoms with Gasteiger partial charge in [-0.3, -0.25) is 9.88 Å². The molecular formula is C23H37N3O2. The first-order valence-corrected chi connectivity index (χ1v) is 10.2. The Balaban J connectivity index is 2.17. The van der Waals surface area contributed by atoms with Crippen molar-refractivity contribution in [1.29, 1.82) is 0 Å². The predicted molar refractivity (Wildman–Crippen MR) is 118 cm³/mol. The molecule has 0 aliphatic heterocycles. The van der Waals surface area contributed by atoms with Gasteiger partial charge in [0.2, 0.25) is 0 Å². The van der Waals surface area contributed by atoms with Gasteiger partial charge in [0.1, 0.15) is 5.75 Å². The van der Waals surface area contributed by atoms with E-state index in [1.165, 1.54) is 0 Å². The maximum atomic E-state index is 11.1. The van der Waals surface area contributed by atoms with E-state index in [2.05, 4.69) is 49.0 Å². The van der Waals surface area contributed by atoms with Crippen LogP contribution in [0.2, 0.25) is 0 Å². The van der Waals surface area contributed by atoms with Crippen LogP contribution in [-0.4, -0.2) is 53.9 Å². The van der Waals surface area contributed by atoms with Crippen molar-refractivity contribution in [2.24, 2.45) is 11.8 Å². The Morgan fingerprint density at radius 2 is 1.79 bits per heavy atom. The molecule has 0 aliphatic rings. The van der Waals surface area contributed by atoms with E-state index in [4.69, 9.17) is 4.74 Å². The fourth-order valence-corrected chi connectivity index (χ4v) is 3.62. The second-order valence-electron chi connectivity index (χ2n) is 9.03. The molecule has 156 valence electrons. The van der Waals surface area contributed by atoms with E-state index in [0.29, 0.717) is 24.9 Å². The van der Waals surface area contributed by atoms with Gasteiger partial charge >= 0.3 is 0 Å². The summed E-state index contributed by atoms with van der Waals surface area (Å²) in [5.74, 6) is 1.91. The standard InChI is InChI=1S/C23H37N3O2/c1-16(2)12-26(13-17(3)4)15-23(6,27)14-24-21-11-20(28-7)10-19-9-8-18(5)25-22(19)21/h8-11,16-17,24,27H,12-15H2,1-7H3. The Morgan fingerprint density at radius 1 is 1.14 bits per heavy atom. The minimum atomic E-state index is -0.858. The third kappa shape index (κ3) is 6.64. The maximum absolute atomic E-state index is 11.1. The number of fused-ring (bicyclic) bond motifs is 1. The molecule has 1 unspecified atom stereocenters. The third-order valence-electron chi connectivity index (χ3n) is 4.61. The van der Waals surface area contributed by atoms with E-state index in [0.717, 1.165) is 41.1 Å². The molecule has 0 fully saturated rings. The largest absolute Gasteiger partial charge is 0.497 e. The predicted octanol–water partition coefficient (Wildman–Crippen LogP) is 4.33. The van der Waals surface area contributed by atoms with Gasteiger partial charge in [-0.1, -0.05) is 33.8 Å². The number of anilines is 1. The molecule has 2 aromatic rings. The van der Waals surface area contributed by atoms with E-state index < -0.39 is 5.60 Å². The molecule has 0 amide bonds. The van der Waals surface area contributed by atoms with Crippen LogP contribution >= 0.6 is 0 Å². The molecule has 5 heteroatoms. The number of pyridine rings is 1. The van der Waals surface area contributed by atoms with Gasteiger partial charge in [0.25, 0.3) is 0 Å². The van der Waals surface area contributed by atoms with Crippen LogP contribution in [0.3, 0.4) is 0 Å². The van der Waals surface area contributed by atoms with Crippen molar-refractivity contribution >= 4 is 16.6 Å². The number of nitrogens with zero attached hydrogens (tertiary/aromatic N) is 2. The smallest absolute Gasteiger partial charge is 0.121 e. The Kier molecular flexibility index (Phi) is 7.67. The number of aryl methyl sites for hydroxylation is 1. The number of aromatic nitrogens is 1. The number of ether oxygens (including phenoxy) is 1. The lowest BCUT2D eigenvalue weighted by Crippen LogP contribution is -2.47. The summed E-state index contributed by atoms with van der Waals surface area (Å²) in [4.78, 5) is 7.05. The highest BCUT2D eigenvalue weighted by Gasteiger charge is 2.25. The molecule has 0 saturated carbocycles. The zero-order valence-corrected chi connectivity index (χ0v) is 18.5. The zero-order valence-electron chi connectivity index (χ0n) is 18.5. The van der Waals surface area contributed by atoms with Gasteiger partial charge < -0.3 is 15.2 Å². The molecule has 28 heavy (non-hydrogen) atoms. The van der Waals surface area contributed by atoms with Crippen molar-refractivity contribution in [2.45, 2.75) is 47.1 Å². The monoisotopic (exact) mass is 387 g/mol. The maximum Gasteiger partial charge on any atom is 0.121 e. The summed E-state index contributed by atoms with van der Waals surface area (Å²) < 4.78 is 5.44. The number of methoxy groups -OCH3 is 1. The molecule has 1 aromatic carbocycles. The summed E-state index contributed by atoms with van der Waals surface area (Å²) >= 11 is 0. The number of benzene rings is 1. The van der Waals surface area contributed by atoms with E-state index in [-0.39, 0.29) is 0 Å². The topological polar surface area (TPSA) is 57.6 Å². The first-order valence-electron chi connectivity index (χ1n) is 10.2. The molecule has 1 heterocycles. The zero-order chi connectivity index (χ0) is 20.9. The Morgan fingerprint density at radius 3 is 2.36 bits per heavy atom. The molecule has 0 saturated heterocycles. The van der Waals surface area contributed by atoms with Crippen LogP contribution in [0.4, 0.5) is 5.69 Å². The van der Waals surface area contributed by atoms with Crippen LogP contribution in [0.1, 0.15) is 40.3 Å². The number of nitrogens with one attached hydrogen (secondary N) is 1. The fraction of sp³-hybridized carbons (Fsp3) is 0.609. The molecule has 0 aliphatic carbocycles. The average molecular weight is 388 g/mol. The Labute approximate surface area is 170 Å². The molecule has 0 spiro atoms. The van der Waals surface area contributed by atoms with Gasteiger partial charge in [0.05, 0.1) is 23.9 Å². The van der Waals surface area contributed by atoms with E-state index in [9.17, 15) is 5.11 Å². The molecule has 1 atom stereocenters. The highest BCUT2D eigenvalue weighted by molar-refractivity contribution is 5.92. The fourth-order valence-electron chi connectivity index (χ4n) is 3.62. The van der Waals surface area contributed by atoms with Gasteiger partial charge in [-0.25, -0.2) is 0 Å². The van der Waals surface area contributed by atoms with Crippen molar-refractivity contribution in [3.05, 3.63) is 30.0 Å². The van der Waals surface area contributed by atoms with E-state index in [1.54, 1.807) is 7.11 Å². The average Bonchev–Trinajstić information content (AvgIpc) is 2.58. The second-order valence-corrected chi connectivity index (χ2v) is 9.03. The lowest BCUT2D eigenvalue weighted by molar-refractivity contribution is 0.0239. The second kappa shape index (κ2) is 9.57. The number of hydrogen-bond donors (Lipinski definition) is 2. The van der Waals surface area contributed by atoms with Gasteiger partial charge in [-0.15, -0.1) is 0 Å². The Hall–Kier alpha value is -1.85.